The quantitative estimate of drug-likeness (QED) is 0.801. The van der Waals surface area contributed by atoms with Gasteiger partial charge < -0.3 is 9.67 Å². The standard InChI is InChI=1S/C18H18N2O2/c1-11-7-12(2)17-14(8-11)9-16(18(21)22)20(17)10-15-6-4-5-13(3)19-15/h4-9H,10H2,1-3H3,(H,21,22). The minimum Gasteiger partial charge on any atom is -0.477 e. The zero-order valence-corrected chi connectivity index (χ0v) is 12.9. The molecule has 0 aliphatic heterocycles. The van der Waals surface area contributed by atoms with Crippen LogP contribution in [-0.2, 0) is 6.54 Å². The number of aromatic nitrogens is 2. The van der Waals surface area contributed by atoms with Gasteiger partial charge in [0, 0.05) is 11.1 Å². The number of carbonyl (C=O) groups is 1. The molecule has 4 heteroatoms. The number of carboxylic acid groups (broad SMARTS) is 1. The van der Waals surface area contributed by atoms with Gasteiger partial charge in [-0.15, -0.1) is 0 Å². The lowest BCUT2D eigenvalue weighted by atomic mass is 10.1. The van der Waals surface area contributed by atoms with Crippen LogP contribution >= 0.6 is 0 Å². The maximum Gasteiger partial charge on any atom is 0.352 e. The second-order valence-corrected chi connectivity index (χ2v) is 5.71. The van der Waals surface area contributed by atoms with Gasteiger partial charge in [0.2, 0.25) is 0 Å². The van der Waals surface area contributed by atoms with Gasteiger partial charge >= 0.3 is 5.97 Å². The summed E-state index contributed by atoms with van der Waals surface area (Å²) < 4.78 is 1.84. The van der Waals surface area contributed by atoms with Crippen LogP contribution in [0.25, 0.3) is 10.9 Å². The summed E-state index contributed by atoms with van der Waals surface area (Å²) in [6.07, 6.45) is 0. The Labute approximate surface area is 129 Å². The number of nitrogens with zero attached hydrogens (tertiary/aromatic N) is 2. The van der Waals surface area contributed by atoms with Gasteiger partial charge in [0.25, 0.3) is 0 Å². The highest BCUT2D eigenvalue weighted by molar-refractivity contribution is 5.96. The average molecular weight is 294 g/mol. The van der Waals surface area contributed by atoms with Crippen molar-refractivity contribution in [1.29, 1.82) is 0 Å². The van der Waals surface area contributed by atoms with E-state index in [2.05, 4.69) is 11.1 Å². The first-order chi connectivity index (χ1) is 10.5. The Bertz CT molecular complexity index is 878. The van der Waals surface area contributed by atoms with E-state index in [1.165, 1.54) is 0 Å². The largest absolute Gasteiger partial charge is 0.477 e. The number of rotatable bonds is 3. The molecule has 0 bridgehead atoms. The summed E-state index contributed by atoms with van der Waals surface area (Å²) in [7, 11) is 0. The second-order valence-electron chi connectivity index (χ2n) is 5.71. The molecule has 2 heterocycles. The summed E-state index contributed by atoms with van der Waals surface area (Å²) in [4.78, 5) is 16.1. The number of aryl methyl sites for hydroxylation is 3. The smallest absolute Gasteiger partial charge is 0.352 e. The molecule has 4 nitrogen and oxygen atoms in total. The molecule has 0 spiro atoms. The zero-order valence-electron chi connectivity index (χ0n) is 12.9. The van der Waals surface area contributed by atoms with Gasteiger partial charge in [-0.05, 0) is 50.6 Å². The Morgan fingerprint density at radius 1 is 1.18 bits per heavy atom. The number of aromatic carboxylic acids is 1. The summed E-state index contributed by atoms with van der Waals surface area (Å²) in [6.45, 7) is 6.42. The molecule has 22 heavy (non-hydrogen) atoms. The first kappa shape index (κ1) is 14.3. The van der Waals surface area contributed by atoms with Gasteiger partial charge in [-0.3, -0.25) is 4.98 Å². The van der Waals surface area contributed by atoms with Crippen LogP contribution in [0.2, 0.25) is 0 Å². The lowest BCUT2D eigenvalue weighted by Crippen LogP contribution is -2.11. The molecular weight excluding hydrogens is 276 g/mol. The third kappa shape index (κ3) is 2.48. The highest BCUT2D eigenvalue weighted by Gasteiger charge is 2.17. The Morgan fingerprint density at radius 3 is 2.64 bits per heavy atom. The van der Waals surface area contributed by atoms with E-state index < -0.39 is 5.97 Å². The molecule has 0 aliphatic carbocycles. The molecule has 0 atom stereocenters. The van der Waals surface area contributed by atoms with Gasteiger partial charge in [0.05, 0.1) is 17.8 Å². The van der Waals surface area contributed by atoms with Gasteiger partial charge in [0.1, 0.15) is 5.69 Å². The SMILES string of the molecule is Cc1cc(C)c2c(c1)cc(C(=O)O)n2Cc1cccc(C)n1. The van der Waals surface area contributed by atoms with E-state index >= 15 is 0 Å². The van der Waals surface area contributed by atoms with Crippen molar-refractivity contribution in [3.05, 3.63) is 64.6 Å². The number of benzene rings is 1. The fraction of sp³-hybridized carbons (Fsp3) is 0.222. The number of carboxylic acids is 1. The molecule has 1 aromatic carbocycles. The fourth-order valence-electron chi connectivity index (χ4n) is 3.01. The maximum absolute atomic E-state index is 11.6. The summed E-state index contributed by atoms with van der Waals surface area (Å²) in [5, 5.41) is 10.5. The molecule has 0 radical (unpaired) electrons. The van der Waals surface area contributed by atoms with E-state index in [9.17, 15) is 9.90 Å². The minimum atomic E-state index is -0.916. The molecular formula is C18H18N2O2. The molecule has 0 amide bonds. The average Bonchev–Trinajstić information content (AvgIpc) is 2.77. The van der Waals surface area contributed by atoms with Crippen molar-refractivity contribution in [3.8, 4) is 0 Å². The van der Waals surface area contributed by atoms with Crippen LogP contribution < -0.4 is 0 Å². The number of fused-ring (bicyclic) bond motifs is 1. The summed E-state index contributed by atoms with van der Waals surface area (Å²) in [5.41, 5.74) is 5.26. The van der Waals surface area contributed by atoms with Crippen LogP contribution in [0.1, 0.15) is 33.0 Å². The number of pyridine rings is 1. The maximum atomic E-state index is 11.6. The van der Waals surface area contributed by atoms with E-state index in [0.717, 1.165) is 33.4 Å². The van der Waals surface area contributed by atoms with Crippen LogP contribution in [-0.4, -0.2) is 20.6 Å². The van der Waals surface area contributed by atoms with Crippen molar-refractivity contribution in [2.75, 3.05) is 0 Å². The van der Waals surface area contributed by atoms with E-state index in [0.29, 0.717) is 12.2 Å². The Balaban J connectivity index is 2.22. The predicted molar refractivity (Wildman–Crippen MR) is 86.4 cm³/mol. The minimum absolute atomic E-state index is 0.298. The zero-order chi connectivity index (χ0) is 15.9. The topological polar surface area (TPSA) is 55.1 Å². The molecule has 112 valence electrons. The first-order valence-corrected chi connectivity index (χ1v) is 7.22. The molecule has 0 aliphatic rings. The third-order valence-electron chi connectivity index (χ3n) is 3.81. The van der Waals surface area contributed by atoms with Crippen LogP contribution in [0, 0.1) is 20.8 Å². The fourth-order valence-corrected chi connectivity index (χ4v) is 3.01. The highest BCUT2D eigenvalue weighted by Crippen LogP contribution is 2.26. The monoisotopic (exact) mass is 294 g/mol. The van der Waals surface area contributed by atoms with Crippen molar-refractivity contribution in [1.82, 2.24) is 9.55 Å². The Hall–Kier alpha value is -2.62. The van der Waals surface area contributed by atoms with E-state index in [-0.39, 0.29) is 0 Å². The van der Waals surface area contributed by atoms with Crippen molar-refractivity contribution >= 4 is 16.9 Å². The van der Waals surface area contributed by atoms with Gasteiger partial charge in [-0.25, -0.2) is 4.79 Å². The molecule has 0 saturated heterocycles. The molecule has 0 fully saturated rings. The summed E-state index contributed by atoms with van der Waals surface area (Å²) >= 11 is 0. The molecule has 0 saturated carbocycles. The normalized spacial score (nSPS) is 11.0. The summed E-state index contributed by atoms with van der Waals surface area (Å²) in [6, 6.07) is 11.6. The first-order valence-electron chi connectivity index (χ1n) is 7.22. The van der Waals surface area contributed by atoms with Gasteiger partial charge in [-0.1, -0.05) is 17.7 Å². The van der Waals surface area contributed by atoms with E-state index in [4.69, 9.17) is 0 Å². The van der Waals surface area contributed by atoms with E-state index in [1.54, 1.807) is 6.07 Å². The molecule has 2 aromatic heterocycles. The van der Waals surface area contributed by atoms with Crippen LogP contribution in [0.4, 0.5) is 0 Å². The third-order valence-corrected chi connectivity index (χ3v) is 3.81. The number of hydrogen-bond donors (Lipinski definition) is 1. The van der Waals surface area contributed by atoms with Crippen molar-refractivity contribution in [2.24, 2.45) is 0 Å². The lowest BCUT2D eigenvalue weighted by Gasteiger charge is -2.10. The van der Waals surface area contributed by atoms with Crippen LogP contribution in [0.3, 0.4) is 0 Å². The molecule has 3 aromatic rings. The molecule has 0 unspecified atom stereocenters. The van der Waals surface area contributed by atoms with Gasteiger partial charge in [-0.2, -0.15) is 0 Å². The number of hydrogen-bond acceptors (Lipinski definition) is 2. The van der Waals surface area contributed by atoms with Crippen LogP contribution in [0.15, 0.2) is 36.4 Å². The Morgan fingerprint density at radius 2 is 1.95 bits per heavy atom. The lowest BCUT2D eigenvalue weighted by molar-refractivity contribution is 0.0686. The van der Waals surface area contributed by atoms with Crippen molar-refractivity contribution in [2.45, 2.75) is 27.3 Å². The Kier molecular flexibility index (Phi) is 3.45. The van der Waals surface area contributed by atoms with Crippen LogP contribution in [0.5, 0.6) is 0 Å². The molecule has 3 rings (SSSR count). The summed E-state index contributed by atoms with van der Waals surface area (Å²) in [5.74, 6) is -0.916. The van der Waals surface area contributed by atoms with Crippen molar-refractivity contribution in [3.63, 3.8) is 0 Å². The van der Waals surface area contributed by atoms with Crippen molar-refractivity contribution < 1.29 is 9.90 Å². The van der Waals surface area contributed by atoms with E-state index in [1.807, 2.05) is 49.6 Å². The predicted octanol–water partition coefficient (Wildman–Crippen LogP) is 3.71. The molecule has 1 N–H and O–H groups in total. The highest BCUT2D eigenvalue weighted by atomic mass is 16.4. The van der Waals surface area contributed by atoms with Gasteiger partial charge in [0.15, 0.2) is 0 Å². The second kappa shape index (κ2) is 5.30.